The van der Waals surface area contributed by atoms with Gasteiger partial charge in [0.15, 0.2) is 34.6 Å². The number of carbonyl (C=O) groups is 2. The van der Waals surface area contributed by atoms with E-state index in [1.165, 1.54) is 56.9 Å². The average molecular weight is 515 g/mol. The first kappa shape index (κ1) is 29.6. The van der Waals surface area contributed by atoms with Gasteiger partial charge in [-0.05, 0) is 72.4 Å². The summed E-state index contributed by atoms with van der Waals surface area (Å²) in [6.07, 6.45) is 10.9. The van der Waals surface area contributed by atoms with Crippen LogP contribution in [-0.2, 0) is 16.0 Å². The maximum Gasteiger partial charge on any atom is 0.163 e. The van der Waals surface area contributed by atoms with Gasteiger partial charge in [-0.1, -0.05) is 60.7 Å². The fraction of sp³-hybridized carbons (Fsp3) is 0.188. The van der Waals surface area contributed by atoms with Gasteiger partial charge in [-0.25, -0.2) is 0 Å². The van der Waals surface area contributed by atoms with Crippen LogP contribution in [0, 0.1) is 0 Å². The number of unbranched alkanes of at least 4 members (excludes halogenated alkanes) is 1. The third-order valence-electron chi connectivity index (χ3n) is 5.40. The molecule has 0 saturated carbocycles. The molecule has 0 amide bonds. The highest BCUT2D eigenvalue weighted by Gasteiger charge is 2.06. The topological polar surface area (TPSA) is 93.1 Å². The minimum atomic E-state index is -0.347. The monoisotopic (exact) mass is 514 g/mol. The molecule has 0 aliphatic rings. The standard InChI is InChI=1S/C21H20O6.C11H14/c1-26-20-11-14(5-9-18(20)24)3-7-16(22)13-17(23)8-4-15-6-10-19(25)21(12-15)27-2;1-2-3-5-8-11-9-6-4-7-10-11/h3-12,24-25H,13H2,1-2H3;2,4,6-7,9-10H,1,3,5,8H2/b7-3+,8-4+;. The number of aromatic hydroxyl groups is 2. The van der Waals surface area contributed by atoms with Crippen molar-refractivity contribution in [3.8, 4) is 23.0 Å². The fourth-order valence-corrected chi connectivity index (χ4v) is 3.36. The molecule has 0 fully saturated rings. The lowest BCUT2D eigenvalue weighted by Crippen LogP contribution is -2.01. The van der Waals surface area contributed by atoms with Gasteiger partial charge < -0.3 is 19.7 Å². The van der Waals surface area contributed by atoms with E-state index < -0.39 is 0 Å². The molecule has 3 aromatic rings. The van der Waals surface area contributed by atoms with Crippen LogP contribution < -0.4 is 9.47 Å². The number of hydrogen-bond donors (Lipinski definition) is 2. The molecule has 0 spiro atoms. The van der Waals surface area contributed by atoms with Crippen LogP contribution >= 0.6 is 0 Å². The zero-order chi connectivity index (χ0) is 27.8. The maximum absolute atomic E-state index is 11.9. The number of methoxy groups -OCH3 is 2. The molecule has 0 saturated heterocycles. The molecule has 2 N–H and O–H groups in total. The molecule has 0 aromatic heterocycles. The van der Waals surface area contributed by atoms with Gasteiger partial charge in [0.2, 0.25) is 0 Å². The molecule has 0 aliphatic carbocycles. The molecule has 0 bridgehead atoms. The van der Waals surface area contributed by atoms with Crippen LogP contribution in [0.3, 0.4) is 0 Å². The second-order valence-electron chi connectivity index (χ2n) is 8.31. The highest BCUT2D eigenvalue weighted by molar-refractivity contribution is 6.10. The molecule has 3 rings (SSSR count). The zero-order valence-corrected chi connectivity index (χ0v) is 21.8. The fourth-order valence-electron chi connectivity index (χ4n) is 3.36. The molecular weight excluding hydrogens is 480 g/mol. The number of ether oxygens (including phenoxy) is 2. The molecule has 0 aliphatic heterocycles. The lowest BCUT2D eigenvalue weighted by molar-refractivity contribution is -0.121. The molecular formula is C32H34O6. The normalized spacial score (nSPS) is 10.6. The number of ketones is 2. The second kappa shape index (κ2) is 16.2. The van der Waals surface area contributed by atoms with Crippen LogP contribution in [0.4, 0.5) is 0 Å². The van der Waals surface area contributed by atoms with Crippen LogP contribution in [0.2, 0.25) is 0 Å². The molecule has 6 nitrogen and oxygen atoms in total. The van der Waals surface area contributed by atoms with Crippen LogP contribution in [-0.4, -0.2) is 36.0 Å². The Balaban J connectivity index is 0.000000384. The predicted molar refractivity (Wildman–Crippen MR) is 152 cm³/mol. The van der Waals surface area contributed by atoms with Gasteiger partial charge in [-0.2, -0.15) is 0 Å². The van der Waals surface area contributed by atoms with E-state index in [4.69, 9.17) is 9.47 Å². The van der Waals surface area contributed by atoms with E-state index in [1.807, 2.05) is 6.08 Å². The van der Waals surface area contributed by atoms with Gasteiger partial charge in [0, 0.05) is 0 Å². The summed E-state index contributed by atoms with van der Waals surface area (Å²) in [6, 6.07) is 19.9. The van der Waals surface area contributed by atoms with E-state index in [-0.39, 0.29) is 29.5 Å². The van der Waals surface area contributed by atoms with E-state index in [1.54, 1.807) is 36.4 Å². The van der Waals surface area contributed by atoms with Crippen LogP contribution in [0.25, 0.3) is 12.2 Å². The first-order chi connectivity index (χ1) is 18.4. The van der Waals surface area contributed by atoms with Gasteiger partial charge in [0.25, 0.3) is 0 Å². The summed E-state index contributed by atoms with van der Waals surface area (Å²) in [5.74, 6) is -0.0832. The van der Waals surface area contributed by atoms with Crippen molar-refractivity contribution in [2.75, 3.05) is 14.2 Å². The van der Waals surface area contributed by atoms with E-state index in [0.717, 1.165) is 6.42 Å². The highest BCUT2D eigenvalue weighted by atomic mass is 16.5. The van der Waals surface area contributed by atoms with Gasteiger partial charge in [-0.15, -0.1) is 6.58 Å². The predicted octanol–water partition coefficient (Wildman–Crippen LogP) is 6.57. The summed E-state index contributed by atoms with van der Waals surface area (Å²) in [4.78, 5) is 23.9. The Labute approximate surface area is 224 Å². The van der Waals surface area contributed by atoms with Crippen molar-refractivity contribution in [2.24, 2.45) is 0 Å². The molecule has 198 valence electrons. The minimum absolute atomic E-state index is 0.00662. The van der Waals surface area contributed by atoms with E-state index in [0.29, 0.717) is 22.6 Å². The van der Waals surface area contributed by atoms with Crippen LogP contribution in [0.1, 0.15) is 36.0 Å². The molecule has 0 heterocycles. The Morgan fingerprint density at radius 3 is 1.74 bits per heavy atom. The molecule has 3 aromatic carbocycles. The highest BCUT2D eigenvalue weighted by Crippen LogP contribution is 2.27. The number of phenols is 2. The smallest absolute Gasteiger partial charge is 0.163 e. The number of carbonyl (C=O) groups excluding carboxylic acids is 2. The first-order valence-corrected chi connectivity index (χ1v) is 12.2. The molecule has 0 radical (unpaired) electrons. The van der Waals surface area contributed by atoms with Gasteiger partial charge in [0.05, 0.1) is 20.6 Å². The Hall–Kier alpha value is -4.58. The van der Waals surface area contributed by atoms with E-state index in [2.05, 4.69) is 36.9 Å². The average Bonchev–Trinajstić information content (AvgIpc) is 2.93. The van der Waals surface area contributed by atoms with Crippen molar-refractivity contribution >= 4 is 23.7 Å². The maximum atomic E-state index is 11.9. The van der Waals surface area contributed by atoms with Crippen molar-refractivity contribution in [1.29, 1.82) is 0 Å². The number of allylic oxidation sites excluding steroid dienone is 3. The van der Waals surface area contributed by atoms with Crippen LogP contribution in [0.5, 0.6) is 23.0 Å². The number of benzene rings is 3. The minimum Gasteiger partial charge on any atom is -0.504 e. The zero-order valence-electron chi connectivity index (χ0n) is 21.8. The summed E-state index contributed by atoms with van der Waals surface area (Å²) < 4.78 is 10.00. The summed E-state index contributed by atoms with van der Waals surface area (Å²) in [5, 5.41) is 19.1. The third kappa shape index (κ3) is 10.6. The van der Waals surface area contributed by atoms with Crippen molar-refractivity contribution in [1.82, 2.24) is 0 Å². The largest absolute Gasteiger partial charge is 0.504 e. The SMILES string of the molecule is C=CCCCc1ccccc1.COc1cc(/C=C/C(=O)CC(=O)/C=C/c2ccc(O)c(OC)c2)ccc1O. The summed E-state index contributed by atoms with van der Waals surface area (Å²) in [6.45, 7) is 3.69. The molecule has 38 heavy (non-hydrogen) atoms. The first-order valence-electron chi connectivity index (χ1n) is 12.2. The van der Waals surface area contributed by atoms with Gasteiger partial charge in [-0.3, -0.25) is 9.59 Å². The van der Waals surface area contributed by atoms with Crippen molar-refractivity contribution in [2.45, 2.75) is 25.7 Å². The molecule has 0 atom stereocenters. The number of hydrogen-bond acceptors (Lipinski definition) is 6. The van der Waals surface area contributed by atoms with Crippen LogP contribution in [0.15, 0.2) is 91.5 Å². The number of rotatable bonds is 12. The Morgan fingerprint density at radius 2 is 1.29 bits per heavy atom. The Morgan fingerprint density at radius 1 is 0.789 bits per heavy atom. The summed E-state index contributed by atoms with van der Waals surface area (Å²) >= 11 is 0. The molecule has 0 unspecified atom stereocenters. The van der Waals surface area contributed by atoms with Gasteiger partial charge >= 0.3 is 0 Å². The van der Waals surface area contributed by atoms with Crippen molar-refractivity contribution < 1.29 is 29.3 Å². The Bertz CT molecular complexity index is 1180. The lowest BCUT2D eigenvalue weighted by atomic mass is 10.1. The summed E-state index contributed by atoms with van der Waals surface area (Å²) in [7, 11) is 2.87. The Kier molecular flexibility index (Phi) is 12.7. The quantitative estimate of drug-likeness (QED) is 0.123. The number of aryl methyl sites for hydroxylation is 1. The van der Waals surface area contributed by atoms with Gasteiger partial charge in [0.1, 0.15) is 0 Å². The van der Waals surface area contributed by atoms with E-state index in [9.17, 15) is 19.8 Å². The molecule has 6 heteroatoms. The number of phenolic OH excluding ortho intramolecular Hbond substituents is 2. The van der Waals surface area contributed by atoms with Crippen molar-refractivity contribution in [3.63, 3.8) is 0 Å². The van der Waals surface area contributed by atoms with Crippen molar-refractivity contribution in [3.05, 3.63) is 108 Å². The summed E-state index contributed by atoms with van der Waals surface area (Å²) in [5.41, 5.74) is 2.75. The second-order valence-corrected chi connectivity index (χ2v) is 8.31. The third-order valence-corrected chi connectivity index (χ3v) is 5.40. The van der Waals surface area contributed by atoms with E-state index >= 15 is 0 Å². The lowest BCUT2D eigenvalue weighted by Gasteiger charge is -2.03.